The number of hydrogen-bond donors (Lipinski definition) is 1. The average molecular weight is 325 g/mol. The van der Waals surface area contributed by atoms with E-state index >= 15 is 0 Å². The standard InChI is InChI=1S/C11H20INO2/c1-3-15-11-8-13(2)7-5-9(11)10(14)4-6-12/h4,6,9-11,14H,3,5,7-8H2,1-2H3/b6-4+. The molecule has 1 N–H and O–H groups in total. The third kappa shape index (κ3) is 4.01. The summed E-state index contributed by atoms with van der Waals surface area (Å²) in [5.74, 6) is 0.243. The molecule has 1 aliphatic rings. The van der Waals surface area contributed by atoms with Crippen LogP contribution in [0.5, 0.6) is 0 Å². The molecule has 0 aromatic heterocycles. The zero-order valence-electron chi connectivity index (χ0n) is 9.40. The third-order valence-corrected chi connectivity index (χ3v) is 3.32. The SMILES string of the molecule is CCOC1CN(C)CCC1C(O)/C=C/I. The number of ether oxygens (including phenoxy) is 1. The smallest absolute Gasteiger partial charge is 0.0782 e. The van der Waals surface area contributed by atoms with Gasteiger partial charge in [-0.2, -0.15) is 0 Å². The van der Waals surface area contributed by atoms with Crippen molar-refractivity contribution < 1.29 is 9.84 Å². The lowest BCUT2D eigenvalue weighted by atomic mass is 9.88. The Balaban J connectivity index is 2.58. The van der Waals surface area contributed by atoms with Crippen LogP contribution in [0.2, 0.25) is 0 Å². The summed E-state index contributed by atoms with van der Waals surface area (Å²) in [5, 5.41) is 9.97. The number of aliphatic hydroxyl groups is 1. The van der Waals surface area contributed by atoms with E-state index in [1.807, 2.05) is 17.1 Å². The van der Waals surface area contributed by atoms with Gasteiger partial charge >= 0.3 is 0 Å². The second-order valence-electron chi connectivity index (χ2n) is 4.02. The van der Waals surface area contributed by atoms with E-state index in [0.29, 0.717) is 0 Å². The second-order valence-corrected chi connectivity index (χ2v) is 4.74. The van der Waals surface area contributed by atoms with Crippen molar-refractivity contribution >= 4 is 22.6 Å². The molecular formula is C11H20INO2. The molecule has 0 aromatic carbocycles. The minimum Gasteiger partial charge on any atom is -0.389 e. The Morgan fingerprint density at radius 1 is 1.67 bits per heavy atom. The predicted octanol–water partition coefficient (Wildman–Crippen LogP) is 1.65. The Hall–Kier alpha value is 0.350. The minimum atomic E-state index is -0.368. The molecule has 3 unspecified atom stereocenters. The highest BCUT2D eigenvalue weighted by molar-refractivity contribution is 14.1. The average Bonchev–Trinajstić information content (AvgIpc) is 2.18. The Labute approximate surface area is 106 Å². The van der Waals surface area contributed by atoms with Gasteiger partial charge in [0.05, 0.1) is 12.2 Å². The lowest BCUT2D eigenvalue weighted by Gasteiger charge is -2.38. The molecule has 0 amide bonds. The van der Waals surface area contributed by atoms with Gasteiger partial charge in [0, 0.05) is 19.1 Å². The molecule has 1 aliphatic heterocycles. The number of halogens is 1. The van der Waals surface area contributed by atoms with Gasteiger partial charge in [0.15, 0.2) is 0 Å². The first kappa shape index (κ1) is 13.4. The third-order valence-electron chi connectivity index (χ3n) is 2.90. The summed E-state index contributed by atoms with van der Waals surface area (Å²) in [6, 6.07) is 0. The number of rotatable bonds is 4. The fraction of sp³-hybridized carbons (Fsp3) is 0.818. The highest BCUT2D eigenvalue weighted by atomic mass is 127. The second kappa shape index (κ2) is 6.83. The van der Waals surface area contributed by atoms with Crippen molar-refractivity contribution in [2.24, 2.45) is 5.92 Å². The van der Waals surface area contributed by atoms with Gasteiger partial charge in [-0.05, 0) is 37.1 Å². The van der Waals surface area contributed by atoms with E-state index in [1.165, 1.54) is 0 Å². The predicted molar refractivity (Wildman–Crippen MR) is 70.2 cm³/mol. The van der Waals surface area contributed by atoms with Crippen molar-refractivity contribution in [2.75, 3.05) is 26.7 Å². The topological polar surface area (TPSA) is 32.7 Å². The normalized spacial score (nSPS) is 30.9. The zero-order valence-corrected chi connectivity index (χ0v) is 11.6. The van der Waals surface area contributed by atoms with E-state index in [9.17, 15) is 5.11 Å². The summed E-state index contributed by atoms with van der Waals surface area (Å²) in [6.45, 7) is 4.69. The van der Waals surface area contributed by atoms with Crippen LogP contribution in [-0.4, -0.2) is 49.0 Å². The van der Waals surface area contributed by atoms with Crippen molar-refractivity contribution in [1.29, 1.82) is 0 Å². The highest BCUT2D eigenvalue weighted by Gasteiger charge is 2.32. The molecule has 1 fully saturated rings. The summed E-state index contributed by atoms with van der Waals surface area (Å²) >= 11 is 2.14. The monoisotopic (exact) mass is 325 g/mol. The van der Waals surface area contributed by atoms with Crippen LogP contribution >= 0.6 is 22.6 Å². The zero-order chi connectivity index (χ0) is 11.3. The maximum atomic E-state index is 9.97. The summed E-state index contributed by atoms with van der Waals surface area (Å²) in [4.78, 5) is 2.26. The summed E-state index contributed by atoms with van der Waals surface area (Å²) in [6.07, 6.45) is 2.65. The van der Waals surface area contributed by atoms with Gasteiger partial charge in [0.2, 0.25) is 0 Å². The lowest BCUT2D eigenvalue weighted by Crippen LogP contribution is -2.47. The van der Waals surface area contributed by atoms with Crippen LogP contribution in [0, 0.1) is 5.92 Å². The number of hydrogen-bond acceptors (Lipinski definition) is 3. The first-order valence-electron chi connectivity index (χ1n) is 5.44. The van der Waals surface area contributed by atoms with Gasteiger partial charge in [0.25, 0.3) is 0 Å². The molecular weight excluding hydrogens is 305 g/mol. The van der Waals surface area contributed by atoms with Crippen LogP contribution in [0.4, 0.5) is 0 Å². The van der Waals surface area contributed by atoms with Crippen molar-refractivity contribution in [3.63, 3.8) is 0 Å². The summed E-state index contributed by atoms with van der Waals surface area (Å²) in [7, 11) is 2.10. The van der Waals surface area contributed by atoms with Crippen LogP contribution in [0.1, 0.15) is 13.3 Å². The number of aliphatic hydroxyl groups excluding tert-OH is 1. The molecule has 0 spiro atoms. The van der Waals surface area contributed by atoms with Gasteiger partial charge in [-0.15, -0.1) is 0 Å². The minimum absolute atomic E-state index is 0.163. The van der Waals surface area contributed by atoms with Crippen LogP contribution < -0.4 is 0 Å². The molecule has 3 nitrogen and oxygen atoms in total. The fourth-order valence-corrected chi connectivity index (χ4v) is 2.51. The van der Waals surface area contributed by atoms with Gasteiger partial charge in [-0.25, -0.2) is 0 Å². The molecule has 0 aliphatic carbocycles. The molecule has 0 bridgehead atoms. The van der Waals surface area contributed by atoms with E-state index in [-0.39, 0.29) is 18.1 Å². The maximum absolute atomic E-state index is 9.97. The number of piperidine rings is 1. The van der Waals surface area contributed by atoms with Crippen LogP contribution in [-0.2, 0) is 4.74 Å². The largest absolute Gasteiger partial charge is 0.389 e. The Morgan fingerprint density at radius 3 is 3.00 bits per heavy atom. The molecule has 1 heterocycles. The fourth-order valence-electron chi connectivity index (χ4n) is 2.09. The van der Waals surface area contributed by atoms with E-state index < -0.39 is 0 Å². The molecule has 15 heavy (non-hydrogen) atoms. The molecule has 0 aromatic rings. The van der Waals surface area contributed by atoms with Crippen molar-refractivity contribution in [3.8, 4) is 0 Å². The van der Waals surface area contributed by atoms with Gasteiger partial charge in [-0.1, -0.05) is 22.6 Å². The van der Waals surface area contributed by atoms with Gasteiger partial charge in [-0.3, -0.25) is 0 Å². The molecule has 0 radical (unpaired) electrons. The quantitative estimate of drug-likeness (QED) is 0.798. The number of nitrogens with zero attached hydrogens (tertiary/aromatic N) is 1. The van der Waals surface area contributed by atoms with E-state index in [1.54, 1.807) is 0 Å². The Bertz CT molecular complexity index is 211. The van der Waals surface area contributed by atoms with Crippen molar-refractivity contribution in [1.82, 2.24) is 4.90 Å². The number of likely N-dealkylation sites (tertiary alicyclic amines) is 1. The van der Waals surface area contributed by atoms with Crippen molar-refractivity contribution in [2.45, 2.75) is 25.6 Å². The van der Waals surface area contributed by atoms with E-state index in [0.717, 1.165) is 26.1 Å². The van der Waals surface area contributed by atoms with Crippen LogP contribution in [0.25, 0.3) is 0 Å². The van der Waals surface area contributed by atoms with E-state index in [2.05, 4.69) is 34.5 Å². The van der Waals surface area contributed by atoms with Crippen LogP contribution in [0.15, 0.2) is 10.2 Å². The molecule has 88 valence electrons. The first-order valence-corrected chi connectivity index (χ1v) is 6.68. The number of likely N-dealkylation sites (N-methyl/N-ethyl adjacent to an activating group) is 1. The lowest BCUT2D eigenvalue weighted by molar-refractivity contribution is -0.0583. The molecule has 3 atom stereocenters. The molecule has 4 heteroatoms. The van der Waals surface area contributed by atoms with E-state index in [4.69, 9.17) is 4.74 Å². The van der Waals surface area contributed by atoms with Gasteiger partial charge in [0.1, 0.15) is 0 Å². The molecule has 1 saturated heterocycles. The molecule has 0 saturated carbocycles. The summed E-state index contributed by atoms with van der Waals surface area (Å²) < 4.78 is 7.57. The highest BCUT2D eigenvalue weighted by Crippen LogP contribution is 2.24. The van der Waals surface area contributed by atoms with Gasteiger partial charge < -0.3 is 14.7 Å². The Morgan fingerprint density at radius 2 is 2.40 bits per heavy atom. The first-order chi connectivity index (χ1) is 7.19. The maximum Gasteiger partial charge on any atom is 0.0782 e. The van der Waals surface area contributed by atoms with Crippen LogP contribution in [0.3, 0.4) is 0 Å². The Kier molecular flexibility index (Phi) is 6.11. The molecule has 1 rings (SSSR count). The summed E-state index contributed by atoms with van der Waals surface area (Å²) in [5.41, 5.74) is 0. The van der Waals surface area contributed by atoms with Crippen molar-refractivity contribution in [3.05, 3.63) is 10.2 Å².